The van der Waals surface area contributed by atoms with Crippen LogP contribution in [-0.4, -0.2) is 21.7 Å². The van der Waals surface area contributed by atoms with E-state index in [0.717, 1.165) is 40.9 Å². The van der Waals surface area contributed by atoms with E-state index in [1.165, 1.54) is 35.1 Å². The molecular formula is C33H39N3O. The highest BCUT2D eigenvalue weighted by molar-refractivity contribution is 5.98. The molecule has 1 saturated carbocycles. The summed E-state index contributed by atoms with van der Waals surface area (Å²) in [5, 5.41) is 9.12. The molecule has 192 valence electrons. The van der Waals surface area contributed by atoms with Crippen LogP contribution in [0.1, 0.15) is 80.6 Å². The van der Waals surface area contributed by atoms with Gasteiger partial charge in [-0.05, 0) is 84.4 Å². The zero-order valence-electron chi connectivity index (χ0n) is 22.8. The molecule has 1 N–H and O–H groups in total. The number of rotatable bonds is 5. The second-order valence-corrected chi connectivity index (χ2v) is 11.9. The average molecular weight is 494 g/mol. The van der Waals surface area contributed by atoms with Crippen LogP contribution in [-0.2, 0) is 12.0 Å². The molecule has 1 amide bonds. The van der Waals surface area contributed by atoms with Gasteiger partial charge in [0.25, 0.3) is 5.91 Å². The molecule has 1 aromatic heterocycles. The number of benzene rings is 3. The van der Waals surface area contributed by atoms with E-state index in [-0.39, 0.29) is 11.3 Å². The SMILES string of the molecule is Cc1nn(Cc2ccc(-c3ccccc3C(C)(C)C)cc2)c2ccc(C(=O)NC3CCC(C)CC3)cc12. The Morgan fingerprint density at radius 2 is 1.68 bits per heavy atom. The summed E-state index contributed by atoms with van der Waals surface area (Å²) < 4.78 is 2.05. The minimum Gasteiger partial charge on any atom is -0.349 e. The smallest absolute Gasteiger partial charge is 0.251 e. The molecule has 1 aliphatic carbocycles. The lowest BCUT2D eigenvalue weighted by Crippen LogP contribution is -2.37. The third-order valence-electron chi connectivity index (χ3n) is 7.88. The third-order valence-corrected chi connectivity index (χ3v) is 7.88. The Bertz CT molecular complexity index is 1400. The molecule has 0 spiro atoms. The summed E-state index contributed by atoms with van der Waals surface area (Å²) in [6.45, 7) is 11.8. The predicted octanol–water partition coefficient (Wildman–Crippen LogP) is 7.67. The lowest BCUT2D eigenvalue weighted by molar-refractivity contribution is 0.0923. The molecule has 5 rings (SSSR count). The summed E-state index contributed by atoms with van der Waals surface area (Å²) in [5.41, 5.74) is 7.90. The Morgan fingerprint density at radius 1 is 0.973 bits per heavy atom. The van der Waals surface area contributed by atoms with Crippen LogP contribution in [0.4, 0.5) is 0 Å². The lowest BCUT2D eigenvalue weighted by Gasteiger charge is -2.26. The first-order valence-electron chi connectivity index (χ1n) is 13.7. The topological polar surface area (TPSA) is 46.9 Å². The van der Waals surface area contributed by atoms with Crippen molar-refractivity contribution in [2.24, 2.45) is 5.92 Å². The van der Waals surface area contributed by atoms with Crippen LogP contribution in [0.3, 0.4) is 0 Å². The summed E-state index contributed by atoms with van der Waals surface area (Å²) >= 11 is 0. The minimum atomic E-state index is 0.0275. The molecule has 4 nitrogen and oxygen atoms in total. The van der Waals surface area contributed by atoms with E-state index >= 15 is 0 Å². The van der Waals surface area contributed by atoms with E-state index in [1.54, 1.807) is 0 Å². The van der Waals surface area contributed by atoms with Crippen molar-refractivity contribution in [3.63, 3.8) is 0 Å². The number of amides is 1. The molecule has 4 heteroatoms. The molecule has 0 atom stereocenters. The minimum absolute atomic E-state index is 0.0275. The van der Waals surface area contributed by atoms with E-state index in [0.29, 0.717) is 12.6 Å². The first-order valence-corrected chi connectivity index (χ1v) is 13.7. The number of aryl methyl sites for hydroxylation is 1. The number of fused-ring (bicyclic) bond motifs is 1. The van der Waals surface area contributed by atoms with Crippen LogP contribution in [0.5, 0.6) is 0 Å². The van der Waals surface area contributed by atoms with Crippen LogP contribution in [0.15, 0.2) is 66.7 Å². The van der Waals surface area contributed by atoms with Crippen LogP contribution in [0, 0.1) is 12.8 Å². The second-order valence-electron chi connectivity index (χ2n) is 11.9. The van der Waals surface area contributed by atoms with E-state index in [9.17, 15) is 4.79 Å². The fourth-order valence-corrected chi connectivity index (χ4v) is 5.63. The summed E-state index contributed by atoms with van der Waals surface area (Å²) in [6, 6.07) is 23.8. The first kappa shape index (κ1) is 25.3. The molecule has 4 aromatic rings. The molecule has 1 aliphatic rings. The zero-order chi connectivity index (χ0) is 26.2. The van der Waals surface area contributed by atoms with Crippen LogP contribution in [0.2, 0.25) is 0 Å². The van der Waals surface area contributed by atoms with Crippen molar-refractivity contribution in [3.8, 4) is 11.1 Å². The summed E-state index contributed by atoms with van der Waals surface area (Å²) in [4.78, 5) is 12.9. The highest BCUT2D eigenvalue weighted by Crippen LogP contribution is 2.33. The normalized spacial score (nSPS) is 18.2. The molecule has 0 saturated heterocycles. The molecule has 3 aromatic carbocycles. The maximum Gasteiger partial charge on any atom is 0.251 e. The van der Waals surface area contributed by atoms with Gasteiger partial charge in [0.2, 0.25) is 0 Å². The van der Waals surface area contributed by atoms with E-state index in [2.05, 4.69) is 81.5 Å². The zero-order valence-corrected chi connectivity index (χ0v) is 22.8. The molecule has 37 heavy (non-hydrogen) atoms. The van der Waals surface area contributed by atoms with Crippen LogP contribution >= 0.6 is 0 Å². The summed E-state index contributed by atoms with van der Waals surface area (Å²) in [5.74, 6) is 0.799. The Balaban J connectivity index is 1.33. The van der Waals surface area contributed by atoms with Crippen molar-refractivity contribution in [1.29, 1.82) is 0 Å². The standard InChI is InChI=1S/C33H39N3O/c1-22-10-17-27(18-11-22)34-32(37)26-16-19-31-29(20-26)23(2)35-36(31)21-24-12-14-25(15-13-24)28-8-6-7-9-30(28)33(3,4)5/h6-9,12-16,19-20,22,27H,10-11,17-18,21H2,1-5H3,(H,34,37). The number of nitrogens with zero attached hydrogens (tertiary/aromatic N) is 2. The van der Waals surface area contributed by atoms with Gasteiger partial charge in [0.1, 0.15) is 0 Å². The van der Waals surface area contributed by atoms with E-state index in [4.69, 9.17) is 5.10 Å². The van der Waals surface area contributed by atoms with Crippen LogP contribution in [0.25, 0.3) is 22.0 Å². The van der Waals surface area contributed by atoms with Crippen LogP contribution < -0.4 is 5.32 Å². The quantitative estimate of drug-likeness (QED) is 0.310. The molecular weight excluding hydrogens is 454 g/mol. The van der Waals surface area contributed by atoms with Gasteiger partial charge in [-0.2, -0.15) is 5.10 Å². The Hall–Kier alpha value is -3.40. The maximum atomic E-state index is 12.9. The van der Waals surface area contributed by atoms with Gasteiger partial charge in [-0.3, -0.25) is 9.48 Å². The lowest BCUT2D eigenvalue weighted by atomic mass is 9.82. The van der Waals surface area contributed by atoms with Gasteiger partial charge in [-0.25, -0.2) is 0 Å². The van der Waals surface area contributed by atoms with Gasteiger partial charge >= 0.3 is 0 Å². The van der Waals surface area contributed by atoms with E-state index in [1.807, 2.05) is 29.8 Å². The van der Waals surface area contributed by atoms with Crippen molar-refractivity contribution >= 4 is 16.8 Å². The molecule has 1 heterocycles. The fourth-order valence-electron chi connectivity index (χ4n) is 5.63. The van der Waals surface area contributed by atoms with Crippen molar-refractivity contribution in [3.05, 3.63) is 89.1 Å². The monoisotopic (exact) mass is 493 g/mol. The molecule has 1 fully saturated rings. The van der Waals surface area contributed by atoms with E-state index < -0.39 is 0 Å². The molecule has 0 aliphatic heterocycles. The van der Waals surface area contributed by atoms with Crippen molar-refractivity contribution in [2.45, 2.75) is 78.3 Å². The van der Waals surface area contributed by atoms with Crippen molar-refractivity contribution in [1.82, 2.24) is 15.1 Å². The number of hydrogen-bond donors (Lipinski definition) is 1. The summed E-state index contributed by atoms with van der Waals surface area (Å²) in [7, 11) is 0. The van der Waals surface area contributed by atoms with Gasteiger partial charge in [0, 0.05) is 17.0 Å². The highest BCUT2D eigenvalue weighted by Gasteiger charge is 2.21. The second kappa shape index (κ2) is 10.2. The van der Waals surface area contributed by atoms with Crippen molar-refractivity contribution < 1.29 is 4.79 Å². The predicted molar refractivity (Wildman–Crippen MR) is 153 cm³/mol. The van der Waals surface area contributed by atoms with Gasteiger partial charge in [0.15, 0.2) is 0 Å². The number of aromatic nitrogens is 2. The maximum absolute atomic E-state index is 12.9. The van der Waals surface area contributed by atoms with Crippen molar-refractivity contribution in [2.75, 3.05) is 0 Å². The molecule has 0 unspecified atom stereocenters. The van der Waals surface area contributed by atoms with Gasteiger partial charge < -0.3 is 5.32 Å². The van der Waals surface area contributed by atoms with Gasteiger partial charge in [0.05, 0.1) is 17.8 Å². The third kappa shape index (κ3) is 5.49. The number of hydrogen-bond acceptors (Lipinski definition) is 2. The average Bonchev–Trinajstić information content (AvgIpc) is 3.19. The highest BCUT2D eigenvalue weighted by atomic mass is 16.1. The number of carbonyl (C=O) groups is 1. The Kier molecular flexibility index (Phi) is 6.94. The van der Waals surface area contributed by atoms with Gasteiger partial charge in [-0.15, -0.1) is 0 Å². The Morgan fingerprint density at radius 3 is 2.38 bits per heavy atom. The Labute approximate surface area is 221 Å². The van der Waals surface area contributed by atoms with Gasteiger partial charge in [-0.1, -0.05) is 76.2 Å². The molecule has 0 bridgehead atoms. The first-order chi connectivity index (χ1) is 17.7. The largest absolute Gasteiger partial charge is 0.349 e. The number of carbonyl (C=O) groups excluding carboxylic acids is 1. The fraction of sp³-hybridized carbons (Fsp3) is 0.394. The number of nitrogens with one attached hydrogen (secondary N) is 1. The summed E-state index contributed by atoms with van der Waals surface area (Å²) in [6.07, 6.45) is 4.54. The molecule has 0 radical (unpaired) electrons.